The lowest BCUT2D eigenvalue weighted by atomic mass is 9.49. The van der Waals surface area contributed by atoms with Gasteiger partial charge in [-0.15, -0.1) is 0 Å². The van der Waals surface area contributed by atoms with E-state index in [4.69, 9.17) is 9.47 Å². The Morgan fingerprint density at radius 1 is 0.788 bits per heavy atom. The first-order chi connectivity index (χ1) is 15.8. The Morgan fingerprint density at radius 3 is 2.24 bits per heavy atom. The van der Waals surface area contributed by atoms with E-state index in [0.717, 1.165) is 58.0 Å². The molecule has 0 aromatic rings. The summed E-state index contributed by atoms with van der Waals surface area (Å²) >= 11 is 0. The van der Waals surface area contributed by atoms with Crippen molar-refractivity contribution >= 4 is 0 Å². The Morgan fingerprint density at radius 2 is 1.48 bits per heavy atom. The summed E-state index contributed by atoms with van der Waals surface area (Å²) in [6, 6.07) is 0. The fourth-order valence-corrected chi connectivity index (χ4v) is 8.47. The minimum atomic E-state index is -0.382. The van der Waals surface area contributed by atoms with Crippen molar-refractivity contribution < 1.29 is 24.8 Å². The van der Waals surface area contributed by atoms with Crippen LogP contribution in [0.3, 0.4) is 0 Å². The van der Waals surface area contributed by atoms with Crippen molar-refractivity contribution in [3.05, 3.63) is 12.2 Å². The Balaban J connectivity index is 1.60. The molecule has 3 fully saturated rings. The van der Waals surface area contributed by atoms with Crippen LogP contribution in [0.2, 0.25) is 0 Å². The van der Waals surface area contributed by atoms with Gasteiger partial charge in [0.25, 0.3) is 0 Å². The van der Waals surface area contributed by atoms with Crippen molar-refractivity contribution in [3.63, 3.8) is 0 Å². The van der Waals surface area contributed by atoms with Gasteiger partial charge in [-0.2, -0.15) is 0 Å². The molecular formula is C28H48O5. The monoisotopic (exact) mass is 464 g/mol. The van der Waals surface area contributed by atoms with Crippen molar-refractivity contribution in [2.75, 3.05) is 26.4 Å². The van der Waals surface area contributed by atoms with Crippen molar-refractivity contribution in [2.45, 2.75) is 96.9 Å². The summed E-state index contributed by atoms with van der Waals surface area (Å²) in [7, 11) is 0. The quantitative estimate of drug-likeness (QED) is 0.465. The Kier molecular flexibility index (Phi) is 8.28. The second kappa shape index (κ2) is 10.7. The van der Waals surface area contributed by atoms with E-state index in [1.165, 1.54) is 0 Å². The molecule has 5 nitrogen and oxygen atoms in total. The summed E-state index contributed by atoms with van der Waals surface area (Å²) in [5.41, 5.74) is -0.300. The maximum absolute atomic E-state index is 11.8. The van der Waals surface area contributed by atoms with Crippen LogP contribution in [0.5, 0.6) is 0 Å². The molecule has 0 unspecified atom stereocenters. The largest absolute Gasteiger partial charge is 0.393 e. The molecule has 10 atom stereocenters. The fraction of sp³-hybridized carbons (Fsp3) is 0.929. The van der Waals surface area contributed by atoms with Gasteiger partial charge in [-0.1, -0.05) is 32.9 Å². The highest BCUT2D eigenvalue weighted by Gasteiger charge is 2.62. The lowest BCUT2D eigenvalue weighted by Gasteiger charge is -2.58. The number of hydrogen-bond acceptors (Lipinski definition) is 5. The molecule has 0 radical (unpaired) electrons. The number of fused-ring (bicyclic) bond motifs is 11. The third-order valence-electron chi connectivity index (χ3n) is 10.6. The number of aliphatic hydroxyl groups excluding tert-OH is 3. The summed E-state index contributed by atoms with van der Waals surface area (Å²) in [6.07, 6.45) is 11.3. The van der Waals surface area contributed by atoms with Crippen molar-refractivity contribution in [2.24, 2.45) is 40.4 Å². The van der Waals surface area contributed by atoms with Gasteiger partial charge < -0.3 is 24.8 Å². The molecule has 5 heteroatoms. The maximum atomic E-state index is 11.8. The van der Waals surface area contributed by atoms with Crippen molar-refractivity contribution in [1.82, 2.24) is 0 Å². The van der Waals surface area contributed by atoms with E-state index >= 15 is 0 Å². The second-order valence-electron chi connectivity index (χ2n) is 12.2. The first kappa shape index (κ1) is 25.6. The van der Waals surface area contributed by atoms with Gasteiger partial charge in [0.05, 0.1) is 31.5 Å². The van der Waals surface area contributed by atoms with Crippen LogP contribution >= 0.6 is 0 Å². The average molecular weight is 465 g/mol. The molecule has 0 spiro atoms. The molecule has 2 aliphatic heterocycles. The Labute approximate surface area is 200 Å². The van der Waals surface area contributed by atoms with Crippen LogP contribution in [0.25, 0.3) is 0 Å². The van der Waals surface area contributed by atoms with Gasteiger partial charge in [0, 0.05) is 18.6 Å². The van der Waals surface area contributed by atoms with E-state index in [0.29, 0.717) is 44.0 Å². The van der Waals surface area contributed by atoms with Gasteiger partial charge in [0.15, 0.2) is 0 Å². The maximum Gasteiger partial charge on any atom is 0.0648 e. The zero-order valence-corrected chi connectivity index (χ0v) is 21.1. The van der Waals surface area contributed by atoms with E-state index in [2.05, 4.69) is 20.8 Å². The minimum Gasteiger partial charge on any atom is -0.393 e. The first-order valence-corrected chi connectivity index (χ1v) is 13.6. The molecule has 3 saturated carbocycles. The van der Waals surface area contributed by atoms with Gasteiger partial charge in [0.2, 0.25) is 0 Å². The number of hydrogen-bond donors (Lipinski definition) is 3. The molecule has 0 saturated heterocycles. The second-order valence-corrected chi connectivity index (χ2v) is 12.2. The summed E-state index contributed by atoms with van der Waals surface area (Å²) in [5.74, 6) is 1.48. The fourth-order valence-electron chi connectivity index (χ4n) is 8.47. The standard InChI is InChI=1S/C28H48O5/c1-19-7-6-15-32-13-4-5-14-33-16-11-20-17-21(29)10-12-27(20,2)24-18-25(30)28(3)22(19)8-9-23(28)26(24)31/h4-5,19-26,29-31H,6-18H2,1-3H3/b5-4-/t19-,20-,21-,22-,23+,24+,25+,26+,27+,28-/m1/s1. The molecule has 5 aliphatic rings. The van der Waals surface area contributed by atoms with Crippen LogP contribution in [-0.2, 0) is 9.47 Å². The predicted molar refractivity (Wildman–Crippen MR) is 130 cm³/mol. The molecule has 3 N–H and O–H groups in total. The predicted octanol–water partition coefficient (Wildman–Crippen LogP) is 4.34. The van der Waals surface area contributed by atoms with Crippen LogP contribution in [0, 0.1) is 40.4 Å². The molecule has 2 heterocycles. The van der Waals surface area contributed by atoms with Crippen LogP contribution in [0.1, 0.15) is 78.6 Å². The third kappa shape index (κ3) is 4.95. The molecule has 4 bridgehead atoms. The molecule has 3 aliphatic carbocycles. The van der Waals surface area contributed by atoms with Crippen LogP contribution in [0.15, 0.2) is 12.2 Å². The highest BCUT2D eigenvalue weighted by atomic mass is 16.5. The van der Waals surface area contributed by atoms with E-state index in [9.17, 15) is 15.3 Å². The van der Waals surface area contributed by atoms with E-state index < -0.39 is 0 Å². The third-order valence-corrected chi connectivity index (χ3v) is 10.6. The Bertz CT molecular complexity index is 667. The number of rotatable bonds is 0. The van der Waals surface area contributed by atoms with Gasteiger partial charge in [0.1, 0.15) is 0 Å². The minimum absolute atomic E-state index is 0.0764. The summed E-state index contributed by atoms with van der Waals surface area (Å²) < 4.78 is 11.7. The zero-order valence-electron chi connectivity index (χ0n) is 21.1. The number of aliphatic hydroxyl groups is 3. The highest BCUT2D eigenvalue weighted by Crippen LogP contribution is 2.63. The number of ether oxygens (including phenoxy) is 2. The lowest BCUT2D eigenvalue weighted by molar-refractivity contribution is -0.181. The highest BCUT2D eigenvalue weighted by molar-refractivity contribution is 5.11. The molecule has 190 valence electrons. The summed E-state index contributed by atoms with van der Waals surface area (Å²) in [5, 5.41) is 33.9. The molecule has 0 aromatic heterocycles. The molecule has 0 amide bonds. The van der Waals surface area contributed by atoms with Gasteiger partial charge in [-0.05, 0) is 92.8 Å². The topological polar surface area (TPSA) is 79.2 Å². The van der Waals surface area contributed by atoms with Gasteiger partial charge in [-0.3, -0.25) is 0 Å². The van der Waals surface area contributed by atoms with E-state index in [1.54, 1.807) is 0 Å². The first-order valence-electron chi connectivity index (χ1n) is 13.6. The van der Waals surface area contributed by atoms with Crippen molar-refractivity contribution in [1.29, 1.82) is 0 Å². The van der Waals surface area contributed by atoms with Gasteiger partial charge in [-0.25, -0.2) is 0 Å². The SMILES string of the molecule is C[C@@H]1CCCOC/C=C\COCC[C@@H]2C[C@H](O)CC[C@]2(C)[C@H]2C[C@H](O)[C@]3(C)[C@@H]1CC[C@H]3[C@@H]2O. The van der Waals surface area contributed by atoms with E-state index in [1.807, 2.05) is 12.2 Å². The molecule has 33 heavy (non-hydrogen) atoms. The zero-order chi connectivity index (χ0) is 23.6. The summed E-state index contributed by atoms with van der Waals surface area (Å²) in [6.45, 7) is 9.55. The average Bonchev–Trinajstić information content (AvgIpc) is 3.15. The van der Waals surface area contributed by atoms with Crippen molar-refractivity contribution in [3.8, 4) is 0 Å². The van der Waals surface area contributed by atoms with Crippen LogP contribution in [0.4, 0.5) is 0 Å². The Hall–Kier alpha value is -0.460. The molecular weight excluding hydrogens is 416 g/mol. The smallest absolute Gasteiger partial charge is 0.0648 e. The lowest BCUT2D eigenvalue weighted by Crippen LogP contribution is -2.59. The van der Waals surface area contributed by atoms with Gasteiger partial charge >= 0.3 is 0 Å². The van der Waals surface area contributed by atoms with Crippen LogP contribution in [-0.4, -0.2) is 60.1 Å². The normalized spacial score (nSPS) is 51.2. The molecule has 0 aromatic carbocycles. The molecule has 5 rings (SSSR count). The summed E-state index contributed by atoms with van der Waals surface area (Å²) in [4.78, 5) is 0. The van der Waals surface area contributed by atoms with Crippen LogP contribution < -0.4 is 0 Å². The van der Waals surface area contributed by atoms with E-state index in [-0.39, 0.29) is 41.0 Å².